The zero-order chi connectivity index (χ0) is 28.7. The van der Waals surface area contributed by atoms with Gasteiger partial charge < -0.3 is 0 Å². The number of hydrogen-bond acceptors (Lipinski definition) is 0. The van der Waals surface area contributed by atoms with Crippen LogP contribution < -0.4 is 26.5 Å². The predicted octanol–water partition coefficient (Wildman–Crippen LogP) is 8.32. The number of rotatable bonds is 11. The van der Waals surface area contributed by atoms with Crippen LogP contribution in [0.1, 0.15) is 0 Å². The molecule has 0 saturated heterocycles. The summed E-state index contributed by atoms with van der Waals surface area (Å²) >= 11 is -1.66. The van der Waals surface area contributed by atoms with Crippen molar-refractivity contribution in [2.45, 2.75) is 0 Å². The fraction of sp³-hybridized carbons (Fsp3) is 0.118. The molecule has 0 aliphatic carbocycles. The maximum Gasteiger partial charge on any atom is 0.100 e. The van der Waals surface area contributed by atoms with E-state index in [0.29, 0.717) is 0 Å². The monoisotopic (exact) mass is 745 g/mol. The molecule has 5 aromatic rings. The van der Waals surface area contributed by atoms with Crippen molar-refractivity contribution in [1.82, 2.24) is 0 Å². The van der Waals surface area contributed by atoms with Crippen LogP contribution in [-0.4, -0.2) is 24.6 Å². The molecule has 0 aliphatic rings. The zero-order valence-corrected chi connectivity index (χ0v) is 29.6. The maximum absolute atomic E-state index is 4.94. The van der Waals surface area contributed by atoms with Crippen LogP contribution in [0, 0.1) is 0 Å². The standard InChI is InChI=1S/C34H33P3.3ClH.Rh/c1-6-16-30(17-7-1)35(26-28-36(31-18-8-2-9-19-31)32-20-10-3-11-21-32)27-29-37(33-22-12-4-13-23-33)34-24-14-5-15-25-34;;;;/h1-25H,26-29H2;3*1H;/q;;;;+3. The maximum atomic E-state index is 4.94. The van der Waals surface area contributed by atoms with Crippen molar-refractivity contribution >= 4 is 79.4 Å². The summed E-state index contributed by atoms with van der Waals surface area (Å²) in [5.74, 6) is 0. The topological polar surface area (TPSA) is 0 Å². The van der Waals surface area contributed by atoms with Crippen molar-refractivity contribution in [3.8, 4) is 0 Å². The first kappa shape index (κ1) is 32.8. The first-order valence-electron chi connectivity index (χ1n) is 13.6. The van der Waals surface area contributed by atoms with Crippen LogP contribution in [0.5, 0.6) is 0 Å². The van der Waals surface area contributed by atoms with Gasteiger partial charge in [0.1, 0.15) is 12.3 Å². The normalized spacial score (nSPS) is 11.3. The molecule has 41 heavy (non-hydrogen) atoms. The fourth-order valence-corrected chi connectivity index (χ4v) is 15.2. The van der Waals surface area contributed by atoms with Crippen molar-refractivity contribution in [2.24, 2.45) is 0 Å². The molecular formula is C34H36Cl3P3Rh+3. The van der Waals surface area contributed by atoms with Gasteiger partial charge >= 0.3 is 42.1 Å². The Morgan fingerprint density at radius 1 is 0.341 bits per heavy atom. The van der Waals surface area contributed by atoms with Crippen LogP contribution in [0.2, 0.25) is 0 Å². The number of hydrogen-bond donors (Lipinski definition) is 0. The Kier molecular flexibility index (Phi) is 14.8. The van der Waals surface area contributed by atoms with Crippen LogP contribution >= 0.6 is 52.8 Å². The molecule has 0 heterocycles. The van der Waals surface area contributed by atoms with Gasteiger partial charge in [0.15, 0.2) is 0 Å². The number of benzene rings is 5. The second-order valence-corrected chi connectivity index (χ2v) is 25.0. The number of halogens is 3. The first-order chi connectivity index (χ1) is 20.1. The molecule has 0 aromatic heterocycles. The molecule has 0 aliphatic heterocycles. The summed E-state index contributed by atoms with van der Waals surface area (Å²) < 4.78 is 0. The van der Waals surface area contributed by atoms with Crippen LogP contribution in [0.4, 0.5) is 0 Å². The third kappa shape index (κ3) is 11.1. The molecule has 0 N–H and O–H groups in total. The first-order valence-corrected chi connectivity index (χ1v) is 25.3. The van der Waals surface area contributed by atoms with E-state index in [4.69, 9.17) is 29.1 Å². The predicted molar refractivity (Wildman–Crippen MR) is 192 cm³/mol. The van der Waals surface area contributed by atoms with E-state index in [1.807, 2.05) is 0 Å². The van der Waals surface area contributed by atoms with Gasteiger partial charge in [-0.15, -0.1) is 0 Å². The largest absolute Gasteiger partial charge is 0.100 e. The Bertz CT molecular complexity index is 1210. The van der Waals surface area contributed by atoms with Gasteiger partial charge in [-0.1, -0.05) is 91.0 Å². The third-order valence-electron chi connectivity index (χ3n) is 7.02. The zero-order valence-electron chi connectivity index (χ0n) is 22.7. The molecule has 0 bridgehead atoms. The van der Waals surface area contributed by atoms with Gasteiger partial charge in [-0.25, -0.2) is 0 Å². The molecule has 5 rings (SSSR count). The van der Waals surface area contributed by atoms with E-state index in [0.717, 1.165) is 0 Å². The molecule has 0 spiro atoms. The van der Waals surface area contributed by atoms with Gasteiger partial charge in [-0.2, -0.15) is 0 Å². The van der Waals surface area contributed by atoms with E-state index in [1.54, 1.807) is 5.30 Å². The Hall–Kier alpha value is -1.12. The third-order valence-corrected chi connectivity index (χ3v) is 16.5. The van der Waals surface area contributed by atoms with Crippen molar-refractivity contribution in [1.29, 1.82) is 0 Å². The molecule has 214 valence electrons. The average molecular weight is 747 g/mol. The Labute approximate surface area is 266 Å². The molecule has 0 saturated carbocycles. The van der Waals surface area contributed by atoms with E-state index in [9.17, 15) is 0 Å². The SMILES string of the molecule is [Cl][Rh]([Cl])[Cl].c1ccc([PH+](CC[PH+](c2ccccc2)c2ccccc2)CC[PH+](c2ccccc2)c2ccccc2)cc1. The summed E-state index contributed by atoms with van der Waals surface area (Å²) in [7, 11) is 12.5. The van der Waals surface area contributed by atoms with E-state index >= 15 is 0 Å². The van der Waals surface area contributed by atoms with Crippen LogP contribution in [0.25, 0.3) is 0 Å². The molecule has 0 unspecified atom stereocenters. The summed E-state index contributed by atoms with van der Waals surface area (Å²) in [6.45, 7) is 0. The minimum absolute atomic E-state index is 0.689. The average Bonchev–Trinajstić information content (AvgIpc) is 3.02. The summed E-state index contributed by atoms with van der Waals surface area (Å²) in [6, 6.07) is 56.5. The molecule has 5 aromatic carbocycles. The van der Waals surface area contributed by atoms with E-state index in [1.165, 1.54) is 45.9 Å². The van der Waals surface area contributed by atoms with Gasteiger partial charge in [-0.3, -0.25) is 0 Å². The minimum Gasteiger partial charge on any atom is -0.0620 e. The summed E-state index contributed by atoms with van der Waals surface area (Å²) in [5.41, 5.74) is 0. The van der Waals surface area contributed by atoms with Gasteiger partial charge in [0.05, 0.1) is 54.7 Å². The van der Waals surface area contributed by atoms with Crippen molar-refractivity contribution in [2.75, 3.05) is 24.6 Å². The van der Waals surface area contributed by atoms with Gasteiger partial charge in [0.2, 0.25) is 0 Å². The molecule has 0 atom stereocenters. The van der Waals surface area contributed by atoms with Gasteiger partial charge in [0, 0.05) is 7.92 Å². The summed E-state index contributed by atoms with van der Waals surface area (Å²) in [6.07, 6.45) is 5.23. The second-order valence-electron chi connectivity index (χ2n) is 9.53. The second kappa shape index (κ2) is 18.5. The molecule has 0 radical (unpaired) electrons. The Morgan fingerprint density at radius 3 is 0.805 bits per heavy atom. The molecule has 0 fully saturated rings. The van der Waals surface area contributed by atoms with Crippen molar-refractivity contribution in [3.05, 3.63) is 152 Å². The van der Waals surface area contributed by atoms with Crippen LogP contribution in [0.3, 0.4) is 0 Å². The van der Waals surface area contributed by atoms with Gasteiger partial charge in [0.25, 0.3) is 0 Å². The molecule has 7 heteroatoms. The Balaban J connectivity index is 0.000000909. The van der Waals surface area contributed by atoms with E-state index in [2.05, 4.69) is 152 Å². The minimum atomic E-state index is -1.66. The molecular weight excluding hydrogens is 711 g/mol. The fourth-order valence-electron chi connectivity index (χ4n) is 5.11. The smallest absolute Gasteiger partial charge is 0.0620 e. The van der Waals surface area contributed by atoms with Crippen LogP contribution in [0.15, 0.2) is 152 Å². The van der Waals surface area contributed by atoms with Crippen LogP contribution in [-0.2, 0) is 13.0 Å². The Morgan fingerprint density at radius 2 is 0.561 bits per heavy atom. The molecule has 0 amide bonds. The quantitative estimate of drug-likeness (QED) is 0.0943. The van der Waals surface area contributed by atoms with E-state index in [-0.39, 0.29) is 0 Å². The molecule has 0 nitrogen and oxygen atoms in total. The van der Waals surface area contributed by atoms with E-state index < -0.39 is 36.7 Å². The van der Waals surface area contributed by atoms with Crippen molar-refractivity contribution in [3.63, 3.8) is 0 Å². The van der Waals surface area contributed by atoms with Crippen molar-refractivity contribution < 1.29 is 13.0 Å². The summed E-state index contributed by atoms with van der Waals surface area (Å²) in [5, 5.41) is 7.73. The summed E-state index contributed by atoms with van der Waals surface area (Å²) in [4.78, 5) is 0. The van der Waals surface area contributed by atoms with Gasteiger partial charge in [-0.05, 0) is 60.7 Å².